The van der Waals surface area contributed by atoms with Gasteiger partial charge in [0.15, 0.2) is 17.5 Å². The molecule has 12 nitrogen and oxygen atoms in total. The summed E-state index contributed by atoms with van der Waals surface area (Å²) in [7, 11) is 4.72. The van der Waals surface area contributed by atoms with Crippen LogP contribution in [0.2, 0.25) is 0 Å². The molecule has 0 bridgehead atoms. The Hall–Kier alpha value is -4.87. The summed E-state index contributed by atoms with van der Waals surface area (Å²) < 4.78 is 21.9. The van der Waals surface area contributed by atoms with Crippen LogP contribution in [0.3, 0.4) is 0 Å². The molecule has 0 saturated carbocycles. The lowest BCUT2D eigenvalue weighted by atomic mass is 10.0. The van der Waals surface area contributed by atoms with Crippen LogP contribution in [0.1, 0.15) is 43.9 Å². The van der Waals surface area contributed by atoms with E-state index in [-0.39, 0.29) is 24.9 Å². The van der Waals surface area contributed by atoms with E-state index < -0.39 is 11.6 Å². The number of aromatic nitrogens is 4. The van der Waals surface area contributed by atoms with Gasteiger partial charge in [0.05, 0.1) is 21.3 Å². The molecular weight excluding hydrogens is 552 g/mol. The molecule has 0 radical (unpaired) electrons. The van der Waals surface area contributed by atoms with Gasteiger partial charge in [-0.25, -0.2) is 0 Å². The number of benzene rings is 2. The van der Waals surface area contributed by atoms with Gasteiger partial charge in [-0.15, -0.1) is 10.2 Å². The lowest BCUT2D eigenvalue weighted by Gasteiger charge is -2.32. The fourth-order valence-corrected chi connectivity index (χ4v) is 4.52. The van der Waals surface area contributed by atoms with E-state index in [0.29, 0.717) is 41.0 Å². The molecule has 1 N–H and O–H groups in total. The zero-order valence-electron chi connectivity index (χ0n) is 25.6. The minimum atomic E-state index is -1.04. The summed E-state index contributed by atoms with van der Waals surface area (Å²) in [5.41, 5.74) is 1.07. The summed E-state index contributed by atoms with van der Waals surface area (Å²) >= 11 is 0. The van der Waals surface area contributed by atoms with Crippen LogP contribution in [-0.2, 0) is 22.6 Å². The summed E-state index contributed by atoms with van der Waals surface area (Å²) in [5.74, 6) is 2.44. The number of amides is 2. The maximum absolute atomic E-state index is 14.0. The molecule has 2 heterocycles. The predicted molar refractivity (Wildman–Crippen MR) is 159 cm³/mol. The SMILES string of the molecule is COc1ccc(-c2nnn(CC(=O)N(CCc3ccc(OC)c(OC)c3)C(C(=O)NC(C)(C)C)c3ccc(C)o3)n2)cc1. The first kappa shape index (κ1) is 31.1. The van der Waals surface area contributed by atoms with E-state index in [0.717, 1.165) is 11.1 Å². The number of nitrogens with zero attached hydrogens (tertiary/aromatic N) is 5. The first-order chi connectivity index (χ1) is 20.5. The molecule has 2 amide bonds. The molecule has 0 aliphatic heterocycles. The minimum absolute atomic E-state index is 0.191. The third-order valence-electron chi connectivity index (χ3n) is 6.58. The van der Waals surface area contributed by atoms with Gasteiger partial charge in [0.1, 0.15) is 23.8 Å². The highest BCUT2D eigenvalue weighted by molar-refractivity contribution is 5.88. The number of hydrogen-bond donors (Lipinski definition) is 1. The summed E-state index contributed by atoms with van der Waals surface area (Å²) in [6.45, 7) is 7.38. The fraction of sp³-hybridized carbons (Fsp3) is 0.387. The zero-order valence-corrected chi connectivity index (χ0v) is 25.6. The number of carbonyl (C=O) groups is 2. The van der Waals surface area contributed by atoms with Crippen LogP contribution in [0, 0.1) is 6.92 Å². The number of aryl methyl sites for hydroxylation is 1. The normalized spacial score (nSPS) is 12.0. The Bertz CT molecular complexity index is 1540. The van der Waals surface area contributed by atoms with E-state index in [9.17, 15) is 9.59 Å². The molecule has 1 atom stereocenters. The topological polar surface area (TPSA) is 134 Å². The standard InChI is InChI=1S/C31H38N6O6/c1-20-8-14-25(43-20)28(30(39)32-31(2,3)4)36(17-16-21-9-15-24(41-6)26(18-21)42-7)27(38)19-37-34-29(33-35-37)22-10-12-23(40-5)13-11-22/h8-15,18,28H,16-17,19H2,1-7H3,(H,32,39). The van der Waals surface area contributed by atoms with Gasteiger partial charge < -0.3 is 28.8 Å². The summed E-state index contributed by atoms with van der Waals surface area (Å²) in [6, 6.07) is 15.2. The first-order valence-electron chi connectivity index (χ1n) is 13.8. The molecule has 1 unspecified atom stereocenters. The van der Waals surface area contributed by atoms with Crippen LogP contribution in [0.4, 0.5) is 0 Å². The van der Waals surface area contributed by atoms with Crippen molar-refractivity contribution < 1.29 is 28.2 Å². The zero-order chi connectivity index (χ0) is 31.1. The van der Waals surface area contributed by atoms with Crippen LogP contribution in [0.5, 0.6) is 17.2 Å². The molecular formula is C31H38N6O6. The van der Waals surface area contributed by atoms with Crippen molar-refractivity contribution in [1.82, 2.24) is 30.4 Å². The average molecular weight is 591 g/mol. The second-order valence-electron chi connectivity index (χ2n) is 11.0. The van der Waals surface area contributed by atoms with Gasteiger partial charge in [0.25, 0.3) is 5.91 Å². The van der Waals surface area contributed by atoms with Gasteiger partial charge in [-0.2, -0.15) is 4.80 Å². The molecule has 0 fully saturated rings. The number of carbonyl (C=O) groups excluding carboxylic acids is 2. The molecule has 12 heteroatoms. The van der Waals surface area contributed by atoms with Crippen LogP contribution in [0.15, 0.2) is 59.0 Å². The van der Waals surface area contributed by atoms with Gasteiger partial charge in [0.2, 0.25) is 11.7 Å². The smallest absolute Gasteiger partial charge is 0.251 e. The molecule has 0 spiro atoms. The quantitative estimate of drug-likeness (QED) is 0.260. The van der Waals surface area contributed by atoms with E-state index in [1.165, 1.54) is 9.70 Å². The lowest BCUT2D eigenvalue weighted by molar-refractivity contribution is -0.143. The highest BCUT2D eigenvalue weighted by atomic mass is 16.5. The van der Waals surface area contributed by atoms with E-state index in [4.69, 9.17) is 18.6 Å². The number of rotatable bonds is 12. The van der Waals surface area contributed by atoms with Gasteiger partial charge in [0, 0.05) is 17.6 Å². The number of methoxy groups -OCH3 is 3. The maximum atomic E-state index is 14.0. The van der Waals surface area contributed by atoms with Crippen LogP contribution < -0.4 is 19.5 Å². The second kappa shape index (κ2) is 13.4. The van der Waals surface area contributed by atoms with Crippen LogP contribution in [0.25, 0.3) is 11.4 Å². The van der Waals surface area contributed by atoms with Crippen molar-refractivity contribution in [3.8, 4) is 28.6 Å². The molecule has 2 aromatic carbocycles. The van der Waals surface area contributed by atoms with Crippen molar-refractivity contribution >= 4 is 11.8 Å². The van der Waals surface area contributed by atoms with E-state index in [1.54, 1.807) is 58.6 Å². The van der Waals surface area contributed by atoms with Crippen molar-refractivity contribution in [2.45, 2.75) is 52.2 Å². The highest BCUT2D eigenvalue weighted by Gasteiger charge is 2.35. The predicted octanol–water partition coefficient (Wildman–Crippen LogP) is 3.99. The van der Waals surface area contributed by atoms with Crippen molar-refractivity contribution in [1.29, 1.82) is 0 Å². The van der Waals surface area contributed by atoms with Gasteiger partial charge in [-0.05, 0) is 93.4 Å². The van der Waals surface area contributed by atoms with Crippen molar-refractivity contribution in [2.75, 3.05) is 27.9 Å². The molecule has 0 aliphatic rings. The largest absolute Gasteiger partial charge is 0.497 e. The Labute approximate surface area is 250 Å². The average Bonchev–Trinajstić information content (AvgIpc) is 3.62. The second-order valence-corrected chi connectivity index (χ2v) is 11.0. The first-order valence-corrected chi connectivity index (χ1v) is 13.8. The molecule has 0 saturated heterocycles. The summed E-state index contributed by atoms with van der Waals surface area (Å²) in [4.78, 5) is 30.4. The highest BCUT2D eigenvalue weighted by Crippen LogP contribution is 2.29. The number of furan rings is 1. The van der Waals surface area contributed by atoms with Gasteiger partial charge in [-0.1, -0.05) is 6.07 Å². The van der Waals surface area contributed by atoms with E-state index >= 15 is 0 Å². The number of nitrogens with one attached hydrogen (secondary N) is 1. The third kappa shape index (κ3) is 7.91. The van der Waals surface area contributed by atoms with Gasteiger partial charge >= 0.3 is 0 Å². The Kier molecular flexibility index (Phi) is 9.69. The maximum Gasteiger partial charge on any atom is 0.251 e. The number of hydrogen-bond acceptors (Lipinski definition) is 9. The molecule has 43 heavy (non-hydrogen) atoms. The van der Waals surface area contributed by atoms with Crippen molar-refractivity contribution in [3.05, 3.63) is 71.7 Å². The number of ether oxygens (including phenoxy) is 3. The molecule has 4 rings (SSSR count). The molecule has 2 aromatic heterocycles. The van der Waals surface area contributed by atoms with E-state index in [1.807, 2.05) is 45.0 Å². The van der Waals surface area contributed by atoms with Crippen molar-refractivity contribution in [2.24, 2.45) is 0 Å². The third-order valence-corrected chi connectivity index (χ3v) is 6.58. The van der Waals surface area contributed by atoms with Crippen LogP contribution >= 0.6 is 0 Å². The minimum Gasteiger partial charge on any atom is -0.497 e. The van der Waals surface area contributed by atoms with E-state index in [2.05, 4.69) is 20.7 Å². The summed E-state index contributed by atoms with van der Waals surface area (Å²) in [6.07, 6.45) is 0.424. The Morgan fingerprint density at radius 2 is 1.70 bits per heavy atom. The molecule has 4 aromatic rings. The lowest BCUT2D eigenvalue weighted by Crippen LogP contribution is -2.50. The molecule has 0 aliphatic carbocycles. The van der Waals surface area contributed by atoms with Gasteiger partial charge in [-0.3, -0.25) is 9.59 Å². The summed E-state index contributed by atoms with van der Waals surface area (Å²) in [5, 5.41) is 15.6. The Balaban J connectivity index is 1.65. The Morgan fingerprint density at radius 3 is 2.30 bits per heavy atom. The Morgan fingerprint density at radius 1 is 0.977 bits per heavy atom. The van der Waals surface area contributed by atoms with Crippen LogP contribution in [-0.4, -0.2) is 70.3 Å². The molecule has 228 valence electrons. The monoisotopic (exact) mass is 590 g/mol. The number of tetrazole rings is 1. The fourth-order valence-electron chi connectivity index (χ4n) is 4.52. The van der Waals surface area contributed by atoms with Crippen molar-refractivity contribution in [3.63, 3.8) is 0 Å².